The van der Waals surface area contributed by atoms with Crippen LogP contribution in [0.3, 0.4) is 0 Å². The Morgan fingerprint density at radius 3 is 0.941 bits per heavy atom. The van der Waals surface area contributed by atoms with Gasteiger partial charge in [0, 0.05) is 32.4 Å². The monoisotopic (exact) mass is 868 g/mol. The molecule has 2 heterocycles. The molecule has 314 valence electrons. The van der Waals surface area contributed by atoms with Crippen molar-refractivity contribution in [3.63, 3.8) is 0 Å². The lowest BCUT2D eigenvalue weighted by atomic mass is 9.77. The van der Waals surface area contributed by atoms with Gasteiger partial charge in [-0.1, -0.05) is 113 Å². The number of benzene rings is 6. The van der Waals surface area contributed by atoms with Gasteiger partial charge < -0.3 is 0 Å². The van der Waals surface area contributed by atoms with Crippen LogP contribution in [0.5, 0.6) is 0 Å². The Bertz CT molecular complexity index is 3840. The highest BCUT2D eigenvalue weighted by atomic mass is 15.5. The van der Waals surface area contributed by atoms with Crippen LogP contribution in [0.25, 0.3) is 88.2 Å². The third-order valence-electron chi connectivity index (χ3n) is 13.7. The summed E-state index contributed by atoms with van der Waals surface area (Å²) in [7, 11) is 0. The number of hydrogen-bond donors (Lipinski definition) is 0. The molecule has 0 atom stereocenters. The average Bonchev–Trinajstić information content (AvgIpc) is 4.00. The van der Waals surface area contributed by atoms with Crippen LogP contribution < -0.4 is 0 Å². The topological polar surface area (TPSA) is 200 Å². The normalized spacial score (nSPS) is 13.9. The smallest absolute Gasteiger partial charge is 0.134 e. The van der Waals surface area contributed by atoms with E-state index in [0.29, 0.717) is 44.5 Å². The number of aromatic nitrogens is 2. The van der Waals surface area contributed by atoms with Gasteiger partial charge in [0.1, 0.15) is 70.8 Å². The largest absolute Gasteiger partial charge is 0.248 e. The van der Waals surface area contributed by atoms with Crippen LogP contribution >= 0.6 is 0 Å². The summed E-state index contributed by atoms with van der Waals surface area (Å²) in [6.45, 7) is 7.32. The van der Waals surface area contributed by atoms with Crippen molar-refractivity contribution in [2.75, 3.05) is 0 Å². The van der Waals surface area contributed by atoms with Crippen molar-refractivity contribution in [3.8, 4) is 70.8 Å². The average molecular weight is 869 g/mol. The van der Waals surface area contributed by atoms with Crippen molar-refractivity contribution < 1.29 is 0 Å². The standard InChI is InChI=1S/C58H32N10/c1-57(2)53(37(25-59)26-60)45-19-15-33(21-47(45)55(57)39(29-63)30-64)35-13-17-43-41-9-5-7-11-49(41)67(51(43)23-35)68-50-12-8-6-10-42(50)44-18-14-36(24-52(44)68)34-16-20-46-48(22-34)56(40(31-65)32-66)58(3,4)54(46)38(27-61)28-62/h5-24H,1-4H3. The van der Waals surface area contributed by atoms with Crippen LogP contribution in [0, 0.1) is 101 Å². The molecule has 0 fully saturated rings. The fourth-order valence-corrected chi connectivity index (χ4v) is 10.9. The molecule has 0 amide bonds. The molecule has 0 saturated carbocycles. The second-order valence-corrected chi connectivity index (χ2v) is 17.8. The van der Waals surface area contributed by atoms with E-state index >= 15 is 0 Å². The van der Waals surface area contributed by atoms with Crippen molar-refractivity contribution in [3.05, 3.63) is 166 Å². The van der Waals surface area contributed by atoms with E-state index in [2.05, 4.69) is 94.3 Å². The number of allylic oxidation sites excluding steroid dienone is 8. The van der Waals surface area contributed by atoms with Crippen LogP contribution in [0.15, 0.2) is 144 Å². The molecule has 8 aromatic rings. The Kier molecular flexibility index (Phi) is 9.35. The zero-order valence-corrected chi connectivity index (χ0v) is 37.0. The Morgan fingerprint density at radius 1 is 0.324 bits per heavy atom. The summed E-state index contributed by atoms with van der Waals surface area (Å²) in [4.78, 5) is 0. The van der Waals surface area contributed by atoms with E-state index in [1.165, 1.54) is 0 Å². The molecule has 2 aliphatic rings. The summed E-state index contributed by atoms with van der Waals surface area (Å²) in [6.07, 6.45) is 0. The zero-order chi connectivity index (χ0) is 47.8. The molecule has 0 aliphatic heterocycles. The molecule has 10 rings (SSSR count). The molecule has 6 aromatic carbocycles. The van der Waals surface area contributed by atoms with E-state index in [4.69, 9.17) is 0 Å². The Balaban J connectivity index is 1.22. The van der Waals surface area contributed by atoms with E-state index in [9.17, 15) is 42.1 Å². The number of rotatable bonds is 3. The number of hydrogen-bond acceptors (Lipinski definition) is 8. The van der Waals surface area contributed by atoms with Crippen molar-refractivity contribution in [2.24, 2.45) is 10.8 Å². The summed E-state index contributed by atoms with van der Waals surface area (Å²) in [5, 5.41) is 84.6. The van der Waals surface area contributed by atoms with Crippen LogP contribution in [0.2, 0.25) is 0 Å². The van der Waals surface area contributed by atoms with Crippen molar-refractivity contribution in [1.29, 1.82) is 42.1 Å². The molecule has 0 unspecified atom stereocenters. The van der Waals surface area contributed by atoms with Crippen molar-refractivity contribution in [1.82, 2.24) is 9.35 Å². The third-order valence-corrected chi connectivity index (χ3v) is 13.7. The summed E-state index contributed by atoms with van der Waals surface area (Å²) in [6, 6.07) is 56.9. The van der Waals surface area contributed by atoms with Gasteiger partial charge in [0.15, 0.2) is 0 Å². The van der Waals surface area contributed by atoms with Gasteiger partial charge in [-0.2, -0.15) is 42.1 Å². The predicted molar refractivity (Wildman–Crippen MR) is 261 cm³/mol. The molecule has 68 heavy (non-hydrogen) atoms. The highest BCUT2D eigenvalue weighted by molar-refractivity contribution is 6.13. The SMILES string of the molecule is CC1(C)C(=C(C#N)C#N)c2ccc(-c3ccc4c5ccccc5n(-n5c6ccccc6c6ccc(-c7ccc8c(c7)C(=C(C#N)C#N)C(C)(C)C8=C(C#N)C#N)cc65)c4c3)cc2C1=C(C#N)C#N. The van der Waals surface area contributed by atoms with Gasteiger partial charge in [-0.05, 0) is 103 Å². The second-order valence-electron chi connectivity index (χ2n) is 17.8. The van der Waals surface area contributed by atoms with Gasteiger partial charge in [0.05, 0.1) is 22.1 Å². The molecule has 0 bridgehead atoms. The zero-order valence-electron chi connectivity index (χ0n) is 37.0. The molecule has 2 aromatic heterocycles. The fraction of sp³-hybridized carbons (Fsp3) is 0.103. The molecule has 0 N–H and O–H groups in total. The maximum atomic E-state index is 10.1. The maximum Gasteiger partial charge on any atom is 0.134 e. The van der Waals surface area contributed by atoms with Gasteiger partial charge in [0.2, 0.25) is 0 Å². The Labute approximate surface area is 391 Å². The quantitative estimate of drug-likeness (QED) is 0.156. The summed E-state index contributed by atoms with van der Waals surface area (Å²) < 4.78 is 4.45. The first-order valence-electron chi connectivity index (χ1n) is 21.5. The third kappa shape index (κ3) is 5.68. The predicted octanol–water partition coefficient (Wildman–Crippen LogP) is 12.8. The minimum atomic E-state index is -0.974. The van der Waals surface area contributed by atoms with Gasteiger partial charge in [-0.3, -0.25) is 0 Å². The molecular formula is C58H32N10. The van der Waals surface area contributed by atoms with Gasteiger partial charge in [0.25, 0.3) is 0 Å². The van der Waals surface area contributed by atoms with Crippen LogP contribution in [-0.2, 0) is 0 Å². The fourth-order valence-electron chi connectivity index (χ4n) is 10.9. The van der Waals surface area contributed by atoms with E-state index < -0.39 is 10.8 Å². The maximum absolute atomic E-state index is 10.1. The van der Waals surface area contributed by atoms with E-state index in [1.54, 1.807) is 0 Å². The summed E-state index contributed by atoms with van der Waals surface area (Å²) >= 11 is 0. The molecular weight excluding hydrogens is 837 g/mol. The minimum Gasteiger partial charge on any atom is -0.248 e. The van der Waals surface area contributed by atoms with Crippen molar-refractivity contribution >= 4 is 65.9 Å². The number of nitrogens with zero attached hydrogens (tertiary/aromatic N) is 10. The van der Waals surface area contributed by atoms with E-state index in [0.717, 1.165) is 65.9 Å². The van der Waals surface area contributed by atoms with Crippen LogP contribution in [0.4, 0.5) is 0 Å². The molecule has 0 radical (unpaired) electrons. The summed E-state index contributed by atoms with van der Waals surface area (Å²) in [5.74, 6) is 0. The first-order valence-corrected chi connectivity index (χ1v) is 21.5. The lowest BCUT2D eigenvalue weighted by molar-refractivity contribution is 0.686. The molecule has 10 nitrogen and oxygen atoms in total. The lowest BCUT2D eigenvalue weighted by Crippen LogP contribution is -2.12. The first kappa shape index (κ1) is 41.8. The highest BCUT2D eigenvalue weighted by Crippen LogP contribution is 2.58. The number of para-hydroxylation sites is 2. The van der Waals surface area contributed by atoms with Gasteiger partial charge in [-0.15, -0.1) is 0 Å². The van der Waals surface area contributed by atoms with Gasteiger partial charge in [-0.25, -0.2) is 9.35 Å². The molecule has 2 aliphatic carbocycles. The minimum absolute atomic E-state index is 0.0700. The number of fused-ring (bicyclic) bond motifs is 8. The second kappa shape index (κ2) is 15.2. The molecule has 0 spiro atoms. The van der Waals surface area contributed by atoms with E-state index in [1.807, 2.05) is 113 Å². The van der Waals surface area contributed by atoms with E-state index in [-0.39, 0.29) is 22.3 Å². The van der Waals surface area contributed by atoms with Crippen LogP contribution in [0.1, 0.15) is 49.9 Å². The summed E-state index contributed by atoms with van der Waals surface area (Å²) in [5.41, 5.74) is 9.21. The lowest BCUT2D eigenvalue weighted by Gasteiger charge is -2.23. The van der Waals surface area contributed by atoms with Crippen molar-refractivity contribution in [2.45, 2.75) is 27.7 Å². The first-order chi connectivity index (χ1) is 32.9. The Hall–Kier alpha value is -10.2. The number of nitriles is 8. The Morgan fingerprint density at radius 2 is 0.603 bits per heavy atom. The van der Waals surface area contributed by atoms with Crippen LogP contribution in [-0.4, -0.2) is 9.35 Å². The van der Waals surface area contributed by atoms with Gasteiger partial charge >= 0.3 is 0 Å². The molecule has 0 saturated heterocycles. The highest BCUT2D eigenvalue weighted by Gasteiger charge is 2.44. The molecule has 10 heteroatoms.